The molecule has 0 radical (unpaired) electrons. The number of aromatic nitrogens is 1. The molecule has 1 aromatic rings. The predicted molar refractivity (Wildman–Crippen MR) is 81.6 cm³/mol. The van der Waals surface area contributed by atoms with E-state index in [0.29, 0.717) is 38.5 Å². The van der Waals surface area contributed by atoms with Crippen LogP contribution >= 0.6 is 0 Å². The summed E-state index contributed by atoms with van der Waals surface area (Å²) in [6, 6.07) is 3.81. The Bertz CT molecular complexity index is 567. The van der Waals surface area contributed by atoms with Crippen LogP contribution in [-0.4, -0.2) is 65.1 Å². The van der Waals surface area contributed by atoms with Crippen molar-refractivity contribution in [1.82, 2.24) is 14.4 Å². The van der Waals surface area contributed by atoms with Crippen LogP contribution in [0.15, 0.2) is 12.1 Å². The fourth-order valence-electron chi connectivity index (χ4n) is 3.10. The molecule has 2 aliphatic heterocycles. The zero-order valence-corrected chi connectivity index (χ0v) is 13.2. The summed E-state index contributed by atoms with van der Waals surface area (Å²) < 4.78 is 7.36. The molecule has 120 valence electrons. The molecule has 2 fully saturated rings. The Balaban J connectivity index is 1.58. The minimum Gasteiger partial charge on any atom is -0.368 e. The number of carbonyl (C=O) groups excluding carboxylic acids is 2. The molecular formula is C16H23N3O3. The number of rotatable bonds is 2. The molecule has 1 unspecified atom stereocenters. The molecule has 2 amide bonds. The first-order chi connectivity index (χ1) is 10.6. The number of ether oxygens (including phenoxy) is 1. The van der Waals surface area contributed by atoms with Crippen LogP contribution in [0.4, 0.5) is 0 Å². The van der Waals surface area contributed by atoms with Gasteiger partial charge in [0.25, 0.3) is 11.8 Å². The van der Waals surface area contributed by atoms with E-state index < -0.39 is 0 Å². The third-order valence-corrected chi connectivity index (χ3v) is 4.68. The van der Waals surface area contributed by atoms with Gasteiger partial charge >= 0.3 is 0 Å². The van der Waals surface area contributed by atoms with Crippen molar-refractivity contribution >= 4 is 11.8 Å². The SMILES string of the molecule is Cc1ccc(C(=O)N2CCN(C(=O)C3CCCO3)CC2)n1C. The highest BCUT2D eigenvalue weighted by Gasteiger charge is 2.31. The Morgan fingerprint density at radius 3 is 2.36 bits per heavy atom. The zero-order valence-electron chi connectivity index (χ0n) is 13.2. The average molecular weight is 305 g/mol. The number of hydrogen-bond donors (Lipinski definition) is 0. The molecule has 0 spiro atoms. The lowest BCUT2D eigenvalue weighted by Gasteiger charge is -2.35. The molecule has 0 aromatic carbocycles. The summed E-state index contributed by atoms with van der Waals surface area (Å²) in [5, 5.41) is 0. The minimum absolute atomic E-state index is 0.0415. The van der Waals surface area contributed by atoms with Crippen molar-refractivity contribution in [1.29, 1.82) is 0 Å². The monoisotopic (exact) mass is 305 g/mol. The number of carbonyl (C=O) groups is 2. The van der Waals surface area contributed by atoms with Crippen LogP contribution < -0.4 is 0 Å². The predicted octanol–water partition coefficient (Wildman–Crippen LogP) is 0.797. The maximum absolute atomic E-state index is 12.5. The van der Waals surface area contributed by atoms with Crippen LogP contribution in [0.25, 0.3) is 0 Å². The molecule has 0 aliphatic carbocycles. The maximum Gasteiger partial charge on any atom is 0.270 e. The molecule has 2 aliphatic rings. The molecule has 6 nitrogen and oxygen atoms in total. The summed E-state index contributed by atoms with van der Waals surface area (Å²) in [6.45, 7) is 5.02. The van der Waals surface area contributed by atoms with Gasteiger partial charge in [-0.05, 0) is 31.9 Å². The summed E-state index contributed by atoms with van der Waals surface area (Å²) in [6.07, 6.45) is 1.51. The summed E-state index contributed by atoms with van der Waals surface area (Å²) in [4.78, 5) is 28.5. The largest absolute Gasteiger partial charge is 0.368 e. The van der Waals surface area contributed by atoms with Crippen molar-refractivity contribution in [2.45, 2.75) is 25.9 Å². The van der Waals surface area contributed by atoms with Crippen molar-refractivity contribution in [3.63, 3.8) is 0 Å². The van der Waals surface area contributed by atoms with Crippen molar-refractivity contribution in [2.75, 3.05) is 32.8 Å². The second-order valence-electron chi connectivity index (χ2n) is 6.04. The molecule has 1 aromatic heterocycles. The Hall–Kier alpha value is -1.82. The van der Waals surface area contributed by atoms with Gasteiger partial charge in [-0.25, -0.2) is 0 Å². The molecule has 22 heavy (non-hydrogen) atoms. The topological polar surface area (TPSA) is 54.8 Å². The molecule has 6 heteroatoms. The van der Waals surface area contributed by atoms with E-state index in [1.54, 1.807) is 0 Å². The molecule has 1 atom stereocenters. The van der Waals surface area contributed by atoms with Gasteiger partial charge in [-0.3, -0.25) is 9.59 Å². The summed E-state index contributed by atoms with van der Waals surface area (Å²) >= 11 is 0. The Kier molecular flexibility index (Phi) is 4.20. The van der Waals surface area contributed by atoms with Crippen LogP contribution in [0.3, 0.4) is 0 Å². The lowest BCUT2D eigenvalue weighted by Crippen LogP contribution is -2.53. The van der Waals surface area contributed by atoms with Gasteiger partial charge in [-0.2, -0.15) is 0 Å². The number of piperazine rings is 1. The van der Waals surface area contributed by atoms with Crippen LogP contribution in [0, 0.1) is 6.92 Å². The number of nitrogens with zero attached hydrogens (tertiary/aromatic N) is 3. The van der Waals surface area contributed by atoms with Crippen LogP contribution in [-0.2, 0) is 16.6 Å². The fourth-order valence-corrected chi connectivity index (χ4v) is 3.10. The molecule has 3 heterocycles. The van der Waals surface area contributed by atoms with Crippen LogP contribution in [0.5, 0.6) is 0 Å². The minimum atomic E-state index is -0.266. The molecule has 0 N–H and O–H groups in total. The van der Waals surface area contributed by atoms with Gasteiger partial charge in [0.1, 0.15) is 11.8 Å². The van der Waals surface area contributed by atoms with Gasteiger partial charge in [-0.15, -0.1) is 0 Å². The van der Waals surface area contributed by atoms with E-state index in [1.807, 2.05) is 40.5 Å². The first-order valence-electron chi connectivity index (χ1n) is 7.90. The van der Waals surface area contributed by atoms with E-state index in [4.69, 9.17) is 4.74 Å². The first-order valence-corrected chi connectivity index (χ1v) is 7.90. The highest BCUT2D eigenvalue weighted by molar-refractivity contribution is 5.93. The molecule has 2 saturated heterocycles. The van der Waals surface area contributed by atoms with Gasteiger partial charge in [-0.1, -0.05) is 0 Å². The smallest absolute Gasteiger partial charge is 0.270 e. The van der Waals surface area contributed by atoms with Crippen LogP contribution in [0.2, 0.25) is 0 Å². The van der Waals surface area contributed by atoms with E-state index in [2.05, 4.69) is 0 Å². The number of hydrogen-bond acceptors (Lipinski definition) is 3. The van der Waals surface area contributed by atoms with Gasteiger partial charge in [0.2, 0.25) is 0 Å². The fraction of sp³-hybridized carbons (Fsp3) is 0.625. The normalized spacial score (nSPS) is 22.2. The second-order valence-corrected chi connectivity index (χ2v) is 6.04. The van der Waals surface area contributed by atoms with Crippen molar-refractivity contribution in [3.05, 3.63) is 23.5 Å². The van der Waals surface area contributed by atoms with Crippen molar-refractivity contribution in [2.24, 2.45) is 7.05 Å². The zero-order chi connectivity index (χ0) is 15.7. The third kappa shape index (κ3) is 2.75. The highest BCUT2D eigenvalue weighted by atomic mass is 16.5. The Morgan fingerprint density at radius 1 is 1.14 bits per heavy atom. The molecular weight excluding hydrogens is 282 g/mol. The van der Waals surface area contributed by atoms with Crippen LogP contribution in [0.1, 0.15) is 29.0 Å². The highest BCUT2D eigenvalue weighted by Crippen LogP contribution is 2.17. The van der Waals surface area contributed by atoms with Gasteiger partial charge < -0.3 is 19.1 Å². The van der Waals surface area contributed by atoms with E-state index in [0.717, 1.165) is 18.5 Å². The summed E-state index contributed by atoms with van der Waals surface area (Å²) in [7, 11) is 1.90. The van der Waals surface area contributed by atoms with E-state index >= 15 is 0 Å². The lowest BCUT2D eigenvalue weighted by atomic mass is 10.2. The van der Waals surface area contributed by atoms with Gasteiger partial charge in [0, 0.05) is 45.5 Å². The average Bonchev–Trinajstić information content (AvgIpc) is 3.18. The molecule has 0 saturated carbocycles. The Labute approximate surface area is 130 Å². The first kappa shape index (κ1) is 15.1. The Morgan fingerprint density at radius 2 is 1.82 bits per heavy atom. The second kappa shape index (κ2) is 6.12. The summed E-state index contributed by atoms with van der Waals surface area (Å²) in [5.74, 6) is 0.124. The van der Waals surface area contributed by atoms with Gasteiger partial charge in [0.15, 0.2) is 0 Å². The van der Waals surface area contributed by atoms with Gasteiger partial charge in [0.05, 0.1) is 0 Å². The van der Waals surface area contributed by atoms with E-state index in [-0.39, 0.29) is 17.9 Å². The van der Waals surface area contributed by atoms with E-state index in [9.17, 15) is 9.59 Å². The van der Waals surface area contributed by atoms with E-state index in [1.165, 1.54) is 0 Å². The van der Waals surface area contributed by atoms with Crippen molar-refractivity contribution in [3.8, 4) is 0 Å². The standard InChI is InChI=1S/C16H23N3O3/c1-12-5-6-13(17(12)2)15(20)18-7-9-19(10-8-18)16(21)14-4-3-11-22-14/h5-6,14H,3-4,7-11H2,1-2H3. The quantitative estimate of drug-likeness (QED) is 0.812. The lowest BCUT2D eigenvalue weighted by molar-refractivity contribution is -0.142. The molecule has 3 rings (SSSR count). The number of aryl methyl sites for hydroxylation is 1. The van der Waals surface area contributed by atoms with Crippen molar-refractivity contribution < 1.29 is 14.3 Å². The molecule has 0 bridgehead atoms. The third-order valence-electron chi connectivity index (χ3n) is 4.68. The maximum atomic E-state index is 12.5. The number of amides is 2. The summed E-state index contributed by atoms with van der Waals surface area (Å²) in [5.41, 5.74) is 1.77.